The van der Waals surface area contributed by atoms with Crippen LogP contribution in [0.4, 0.5) is 0 Å². The first-order chi connectivity index (χ1) is 11.6. The van der Waals surface area contributed by atoms with Crippen LogP contribution < -0.4 is 0 Å². The zero-order valence-corrected chi connectivity index (χ0v) is 15.2. The van der Waals surface area contributed by atoms with Crippen molar-refractivity contribution in [2.45, 2.75) is 71.3 Å². The Morgan fingerprint density at radius 3 is 2.50 bits per heavy atom. The second-order valence-corrected chi connectivity index (χ2v) is 7.41. The summed E-state index contributed by atoms with van der Waals surface area (Å²) in [5, 5.41) is 9.31. The molecule has 0 radical (unpaired) electrons. The lowest BCUT2D eigenvalue weighted by Crippen LogP contribution is -2.43. The molecule has 2 saturated heterocycles. The van der Waals surface area contributed by atoms with E-state index in [1.165, 1.54) is 12.8 Å². The van der Waals surface area contributed by atoms with Crippen LogP contribution in [0.1, 0.15) is 65.2 Å². The van der Waals surface area contributed by atoms with Crippen molar-refractivity contribution in [2.24, 2.45) is 17.8 Å². The summed E-state index contributed by atoms with van der Waals surface area (Å²) in [6.45, 7) is 6.41. The van der Waals surface area contributed by atoms with E-state index >= 15 is 0 Å². The van der Waals surface area contributed by atoms with Crippen LogP contribution in [-0.2, 0) is 14.3 Å². The van der Waals surface area contributed by atoms with Crippen LogP contribution in [0.3, 0.4) is 0 Å². The Hall–Kier alpha value is -1.10. The van der Waals surface area contributed by atoms with Crippen molar-refractivity contribution in [3.63, 3.8) is 0 Å². The minimum absolute atomic E-state index is 0.160. The van der Waals surface area contributed by atoms with Crippen molar-refractivity contribution in [3.8, 4) is 0 Å². The fraction of sp³-hybridized carbons (Fsp3) is 0.895. The molecule has 138 valence electrons. The number of piperidine rings is 1. The lowest BCUT2D eigenvalue weighted by Gasteiger charge is -2.36. The van der Waals surface area contributed by atoms with Gasteiger partial charge < -0.3 is 14.7 Å². The first-order valence-electron chi connectivity index (χ1n) is 9.68. The molecule has 24 heavy (non-hydrogen) atoms. The molecule has 1 N–H and O–H groups in total. The molecule has 1 amide bonds. The third-order valence-corrected chi connectivity index (χ3v) is 5.82. The lowest BCUT2D eigenvalue weighted by atomic mass is 9.84. The molecule has 0 aromatic heterocycles. The third kappa shape index (κ3) is 4.95. The summed E-state index contributed by atoms with van der Waals surface area (Å²) in [6.07, 6.45) is 7.45. The van der Waals surface area contributed by atoms with E-state index in [0.717, 1.165) is 38.8 Å². The fourth-order valence-electron chi connectivity index (χ4n) is 4.14. The Labute approximate surface area is 145 Å². The molecule has 2 unspecified atom stereocenters. The van der Waals surface area contributed by atoms with Crippen molar-refractivity contribution < 1.29 is 19.4 Å². The quantitative estimate of drug-likeness (QED) is 0.736. The molecule has 2 fully saturated rings. The van der Waals surface area contributed by atoms with Crippen LogP contribution in [0.15, 0.2) is 0 Å². The number of carboxylic acids is 1. The molecule has 0 spiro atoms. The molecule has 0 aromatic rings. The number of unbranched alkanes of at least 4 members (excludes halogenated alkanes) is 1. The molecule has 5 nitrogen and oxygen atoms in total. The number of carbonyl (C=O) groups excluding carboxylic acids is 1. The van der Waals surface area contributed by atoms with Gasteiger partial charge >= 0.3 is 5.97 Å². The average molecular weight is 339 g/mol. The SMILES string of the molecule is CCCCC(CC)CC(=O)N1CCC([C@@H]2OCCC2C(=O)O)CC1. The minimum atomic E-state index is -0.738. The van der Waals surface area contributed by atoms with E-state index in [4.69, 9.17) is 4.74 Å². The van der Waals surface area contributed by atoms with Crippen LogP contribution in [0, 0.1) is 17.8 Å². The van der Waals surface area contributed by atoms with E-state index in [1.807, 2.05) is 4.90 Å². The van der Waals surface area contributed by atoms with Gasteiger partial charge in [0.25, 0.3) is 0 Å². The summed E-state index contributed by atoms with van der Waals surface area (Å²) in [5.41, 5.74) is 0. The normalized spacial score (nSPS) is 26.5. The Morgan fingerprint density at radius 1 is 1.21 bits per heavy atom. The molecule has 2 heterocycles. The van der Waals surface area contributed by atoms with Gasteiger partial charge in [0.2, 0.25) is 5.91 Å². The number of hydrogen-bond acceptors (Lipinski definition) is 3. The zero-order valence-electron chi connectivity index (χ0n) is 15.2. The van der Waals surface area contributed by atoms with Gasteiger partial charge in [0.1, 0.15) is 0 Å². The van der Waals surface area contributed by atoms with Crippen LogP contribution in [0.2, 0.25) is 0 Å². The van der Waals surface area contributed by atoms with Crippen LogP contribution in [0.25, 0.3) is 0 Å². The Kier molecular flexibility index (Phi) is 7.53. The highest BCUT2D eigenvalue weighted by Gasteiger charge is 2.40. The van der Waals surface area contributed by atoms with E-state index in [-0.39, 0.29) is 23.8 Å². The van der Waals surface area contributed by atoms with E-state index in [1.54, 1.807) is 0 Å². The van der Waals surface area contributed by atoms with Gasteiger partial charge in [0.15, 0.2) is 0 Å². The molecule has 0 aliphatic carbocycles. The van der Waals surface area contributed by atoms with Gasteiger partial charge in [-0.15, -0.1) is 0 Å². The average Bonchev–Trinajstić information content (AvgIpc) is 3.08. The Morgan fingerprint density at radius 2 is 1.92 bits per heavy atom. The molecule has 0 bridgehead atoms. The lowest BCUT2D eigenvalue weighted by molar-refractivity contribution is -0.146. The van der Waals surface area contributed by atoms with E-state index in [2.05, 4.69) is 13.8 Å². The largest absolute Gasteiger partial charge is 0.481 e. The van der Waals surface area contributed by atoms with Crippen molar-refractivity contribution in [1.82, 2.24) is 4.90 Å². The molecule has 0 aromatic carbocycles. The number of rotatable bonds is 8. The van der Waals surface area contributed by atoms with Gasteiger partial charge in [-0.1, -0.05) is 33.1 Å². The standard InChI is InChI=1S/C19H33NO4/c1-3-5-6-14(4-2)13-17(21)20-10-7-15(8-11-20)18-16(19(22)23)9-12-24-18/h14-16,18H,3-13H2,1-2H3,(H,22,23)/t14?,16?,18-/m0/s1. The summed E-state index contributed by atoms with van der Waals surface area (Å²) in [4.78, 5) is 25.8. The van der Waals surface area contributed by atoms with Gasteiger partial charge in [-0.2, -0.15) is 0 Å². The van der Waals surface area contributed by atoms with E-state index in [9.17, 15) is 14.7 Å². The van der Waals surface area contributed by atoms with Crippen LogP contribution >= 0.6 is 0 Å². The second kappa shape index (κ2) is 9.40. The molecule has 5 heteroatoms. The summed E-state index contributed by atoms with van der Waals surface area (Å²) < 4.78 is 5.70. The van der Waals surface area contributed by atoms with Crippen molar-refractivity contribution >= 4 is 11.9 Å². The molecule has 2 aliphatic heterocycles. The predicted molar refractivity (Wildman–Crippen MR) is 92.7 cm³/mol. The number of aliphatic carboxylic acids is 1. The minimum Gasteiger partial charge on any atom is -0.481 e. The highest BCUT2D eigenvalue weighted by Crippen LogP contribution is 2.33. The number of hydrogen-bond donors (Lipinski definition) is 1. The van der Waals surface area contributed by atoms with Crippen LogP contribution in [0.5, 0.6) is 0 Å². The Bertz CT molecular complexity index is 418. The van der Waals surface area contributed by atoms with Crippen molar-refractivity contribution in [1.29, 1.82) is 0 Å². The van der Waals surface area contributed by atoms with Gasteiger partial charge in [-0.3, -0.25) is 9.59 Å². The summed E-state index contributed by atoms with van der Waals surface area (Å²) >= 11 is 0. The number of amides is 1. The molecule has 2 rings (SSSR count). The first kappa shape index (κ1) is 19.2. The number of nitrogens with zero attached hydrogens (tertiary/aromatic N) is 1. The number of carboxylic acid groups (broad SMARTS) is 1. The summed E-state index contributed by atoms with van der Waals surface area (Å²) in [5.74, 6) is -0.0449. The third-order valence-electron chi connectivity index (χ3n) is 5.82. The monoisotopic (exact) mass is 339 g/mol. The van der Waals surface area contributed by atoms with Gasteiger partial charge in [-0.25, -0.2) is 0 Å². The smallest absolute Gasteiger partial charge is 0.309 e. The molecule has 2 aliphatic rings. The first-order valence-corrected chi connectivity index (χ1v) is 9.68. The van der Waals surface area contributed by atoms with Crippen LogP contribution in [-0.4, -0.2) is 47.7 Å². The summed E-state index contributed by atoms with van der Waals surface area (Å²) in [6, 6.07) is 0. The fourth-order valence-corrected chi connectivity index (χ4v) is 4.14. The molecule has 3 atom stereocenters. The predicted octanol–water partition coefficient (Wildman–Crippen LogP) is 3.32. The van der Waals surface area contributed by atoms with Crippen molar-refractivity contribution in [3.05, 3.63) is 0 Å². The van der Waals surface area contributed by atoms with Gasteiger partial charge in [0.05, 0.1) is 12.0 Å². The zero-order chi connectivity index (χ0) is 17.5. The maximum atomic E-state index is 12.5. The van der Waals surface area contributed by atoms with Gasteiger partial charge in [-0.05, 0) is 37.5 Å². The van der Waals surface area contributed by atoms with E-state index in [0.29, 0.717) is 25.4 Å². The van der Waals surface area contributed by atoms with Gasteiger partial charge in [0, 0.05) is 26.1 Å². The Balaban J connectivity index is 1.79. The van der Waals surface area contributed by atoms with Crippen molar-refractivity contribution in [2.75, 3.05) is 19.7 Å². The topological polar surface area (TPSA) is 66.8 Å². The highest BCUT2D eigenvalue weighted by molar-refractivity contribution is 5.76. The maximum absolute atomic E-state index is 12.5. The van der Waals surface area contributed by atoms with E-state index < -0.39 is 5.97 Å². The molecular weight excluding hydrogens is 306 g/mol. The maximum Gasteiger partial charge on any atom is 0.309 e. The number of carbonyl (C=O) groups is 2. The molecular formula is C19H33NO4. The second-order valence-electron chi connectivity index (χ2n) is 7.41. The number of likely N-dealkylation sites (tertiary alicyclic amines) is 1. The molecule has 0 saturated carbocycles. The summed E-state index contributed by atoms with van der Waals surface area (Å²) in [7, 11) is 0. The number of ether oxygens (including phenoxy) is 1. The highest BCUT2D eigenvalue weighted by atomic mass is 16.5.